The maximum Gasteiger partial charge on any atom is 0.259 e. The zero-order valence-electron chi connectivity index (χ0n) is 17.3. The van der Waals surface area contributed by atoms with Crippen LogP contribution in [0.1, 0.15) is 21.5 Å². The standard InChI is InChI=1S/C25H22FN3O2/c1-17-8-13-23(22(26)14-17)27-25(30)21-16-29(15-18-6-4-3-5-7-18)28-24(21)19-9-11-20(31-2)12-10-19/h3-14,16H,15H2,1-2H3,(H,27,30). The van der Waals surface area contributed by atoms with Crippen LogP contribution in [0.25, 0.3) is 11.3 Å². The maximum absolute atomic E-state index is 14.3. The van der Waals surface area contributed by atoms with Crippen LogP contribution in [0.3, 0.4) is 0 Å². The Bertz CT molecular complexity index is 1200. The third kappa shape index (κ3) is 4.64. The van der Waals surface area contributed by atoms with Gasteiger partial charge in [-0.1, -0.05) is 36.4 Å². The van der Waals surface area contributed by atoms with Gasteiger partial charge in [0.15, 0.2) is 0 Å². The molecule has 0 aliphatic carbocycles. The Morgan fingerprint density at radius 1 is 1.06 bits per heavy atom. The highest BCUT2D eigenvalue weighted by atomic mass is 19.1. The number of benzene rings is 3. The van der Waals surface area contributed by atoms with Gasteiger partial charge in [0.05, 0.1) is 24.9 Å². The Morgan fingerprint density at radius 2 is 1.81 bits per heavy atom. The molecule has 0 radical (unpaired) electrons. The number of nitrogens with zero attached hydrogens (tertiary/aromatic N) is 2. The van der Waals surface area contributed by atoms with Crippen LogP contribution in [-0.2, 0) is 6.54 Å². The van der Waals surface area contributed by atoms with Crippen LogP contribution in [0.4, 0.5) is 10.1 Å². The highest BCUT2D eigenvalue weighted by molar-refractivity contribution is 6.08. The van der Waals surface area contributed by atoms with E-state index in [0.717, 1.165) is 16.7 Å². The normalized spacial score (nSPS) is 10.7. The number of carbonyl (C=O) groups excluding carboxylic acids is 1. The molecule has 0 aliphatic heterocycles. The molecule has 1 N–H and O–H groups in total. The Morgan fingerprint density at radius 3 is 2.48 bits per heavy atom. The molecule has 0 aliphatic rings. The highest BCUT2D eigenvalue weighted by Gasteiger charge is 2.19. The summed E-state index contributed by atoms with van der Waals surface area (Å²) in [7, 11) is 1.60. The van der Waals surface area contributed by atoms with E-state index >= 15 is 0 Å². The minimum absolute atomic E-state index is 0.132. The van der Waals surface area contributed by atoms with E-state index in [1.54, 1.807) is 37.0 Å². The number of nitrogens with one attached hydrogen (secondary N) is 1. The van der Waals surface area contributed by atoms with Crippen molar-refractivity contribution in [3.05, 3.63) is 102 Å². The van der Waals surface area contributed by atoms with E-state index in [9.17, 15) is 9.18 Å². The molecule has 0 saturated heterocycles. The van der Waals surface area contributed by atoms with Gasteiger partial charge in [-0.25, -0.2) is 4.39 Å². The van der Waals surface area contributed by atoms with Gasteiger partial charge in [0.2, 0.25) is 0 Å². The number of carbonyl (C=O) groups is 1. The lowest BCUT2D eigenvalue weighted by molar-refractivity contribution is 0.102. The van der Waals surface area contributed by atoms with E-state index in [4.69, 9.17) is 4.74 Å². The summed E-state index contributed by atoms with van der Waals surface area (Å²) in [6.45, 7) is 2.31. The molecule has 6 heteroatoms. The number of ether oxygens (including phenoxy) is 1. The third-order valence-electron chi connectivity index (χ3n) is 4.93. The first-order valence-corrected chi connectivity index (χ1v) is 9.87. The summed E-state index contributed by atoms with van der Waals surface area (Å²) in [5.41, 5.74) is 3.62. The second-order valence-electron chi connectivity index (χ2n) is 7.24. The van der Waals surface area contributed by atoms with E-state index in [1.165, 1.54) is 6.07 Å². The zero-order chi connectivity index (χ0) is 21.8. The van der Waals surface area contributed by atoms with Crippen LogP contribution in [0.2, 0.25) is 0 Å². The van der Waals surface area contributed by atoms with E-state index in [-0.39, 0.29) is 5.69 Å². The first-order valence-electron chi connectivity index (χ1n) is 9.87. The number of amides is 1. The van der Waals surface area contributed by atoms with Gasteiger partial charge < -0.3 is 10.1 Å². The molecule has 4 aromatic rings. The average Bonchev–Trinajstić information content (AvgIpc) is 3.20. The highest BCUT2D eigenvalue weighted by Crippen LogP contribution is 2.26. The molecule has 1 heterocycles. The number of aromatic nitrogens is 2. The van der Waals surface area contributed by atoms with Crippen molar-refractivity contribution in [3.8, 4) is 17.0 Å². The molecule has 4 rings (SSSR count). The van der Waals surface area contributed by atoms with Crippen LogP contribution >= 0.6 is 0 Å². The SMILES string of the molecule is COc1ccc(-c2nn(Cc3ccccc3)cc2C(=O)Nc2ccc(C)cc2F)cc1. The van der Waals surface area contributed by atoms with Crippen LogP contribution in [0.15, 0.2) is 79.0 Å². The summed E-state index contributed by atoms with van der Waals surface area (Å²) in [6.07, 6.45) is 1.69. The van der Waals surface area contributed by atoms with Crippen molar-refractivity contribution in [1.82, 2.24) is 9.78 Å². The Balaban J connectivity index is 1.70. The van der Waals surface area contributed by atoms with Crippen molar-refractivity contribution in [2.24, 2.45) is 0 Å². The van der Waals surface area contributed by atoms with Crippen molar-refractivity contribution in [2.75, 3.05) is 12.4 Å². The first-order chi connectivity index (χ1) is 15.0. The quantitative estimate of drug-likeness (QED) is 0.465. The van der Waals surface area contributed by atoms with Crippen molar-refractivity contribution < 1.29 is 13.9 Å². The van der Waals surface area contributed by atoms with Crippen molar-refractivity contribution in [3.63, 3.8) is 0 Å². The lowest BCUT2D eigenvalue weighted by atomic mass is 10.1. The number of anilines is 1. The van der Waals surface area contributed by atoms with Gasteiger partial charge in [0.25, 0.3) is 5.91 Å². The molecule has 0 fully saturated rings. The summed E-state index contributed by atoms with van der Waals surface area (Å²) in [6, 6.07) is 21.9. The molecule has 0 atom stereocenters. The van der Waals surface area contributed by atoms with Gasteiger partial charge in [-0.3, -0.25) is 9.48 Å². The molecule has 1 amide bonds. The molecule has 0 bridgehead atoms. The van der Waals surface area contributed by atoms with E-state index in [1.807, 2.05) is 54.6 Å². The summed E-state index contributed by atoms with van der Waals surface area (Å²) in [4.78, 5) is 13.1. The third-order valence-corrected chi connectivity index (χ3v) is 4.93. The number of aryl methyl sites for hydroxylation is 1. The smallest absolute Gasteiger partial charge is 0.259 e. The second-order valence-corrected chi connectivity index (χ2v) is 7.24. The van der Waals surface area contributed by atoms with Gasteiger partial charge in [0, 0.05) is 11.8 Å². The Labute approximate surface area is 180 Å². The topological polar surface area (TPSA) is 56.2 Å². The fourth-order valence-electron chi connectivity index (χ4n) is 3.31. The minimum atomic E-state index is -0.476. The van der Waals surface area contributed by atoms with Gasteiger partial charge >= 0.3 is 0 Å². The average molecular weight is 415 g/mol. The minimum Gasteiger partial charge on any atom is -0.497 e. The molecule has 156 valence electrons. The summed E-state index contributed by atoms with van der Waals surface area (Å²) in [5.74, 6) is -0.191. The van der Waals surface area contributed by atoms with E-state index in [0.29, 0.717) is 23.6 Å². The van der Waals surface area contributed by atoms with Crippen LogP contribution in [0.5, 0.6) is 5.75 Å². The summed E-state index contributed by atoms with van der Waals surface area (Å²) < 4.78 is 21.2. The van der Waals surface area contributed by atoms with Crippen LogP contribution < -0.4 is 10.1 Å². The monoisotopic (exact) mass is 415 g/mol. The predicted octanol–water partition coefficient (Wildman–Crippen LogP) is 5.31. The fraction of sp³-hybridized carbons (Fsp3) is 0.120. The fourth-order valence-corrected chi connectivity index (χ4v) is 3.31. The van der Waals surface area contributed by atoms with Gasteiger partial charge in [-0.05, 0) is 54.4 Å². The predicted molar refractivity (Wildman–Crippen MR) is 119 cm³/mol. The second kappa shape index (κ2) is 8.83. The van der Waals surface area contributed by atoms with Gasteiger partial charge in [-0.15, -0.1) is 0 Å². The molecule has 0 saturated carbocycles. The van der Waals surface area contributed by atoms with Crippen molar-refractivity contribution in [1.29, 1.82) is 0 Å². The number of hydrogen-bond donors (Lipinski definition) is 1. The van der Waals surface area contributed by atoms with Crippen molar-refractivity contribution >= 4 is 11.6 Å². The van der Waals surface area contributed by atoms with Crippen molar-refractivity contribution in [2.45, 2.75) is 13.5 Å². The molecule has 0 unspecified atom stereocenters. The molecule has 31 heavy (non-hydrogen) atoms. The maximum atomic E-state index is 14.3. The number of halogens is 1. The summed E-state index contributed by atoms with van der Waals surface area (Å²) >= 11 is 0. The largest absolute Gasteiger partial charge is 0.497 e. The van der Waals surface area contributed by atoms with Gasteiger partial charge in [0.1, 0.15) is 17.3 Å². The number of methoxy groups -OCH3 is 1. The van der Waals surface area contributed by atoms with Gasteiger partial charge in [-0.2, -0.15) is 5.10 Å². The van der Waals surface area contributed by atoms with E-state index < -0.39 is 11.7 Å². The lowest BCUT2D eigenvalue weighted by Crippen LogP contribution is -2.13. The molecular formula is C25H22FN3O2. The van der Waals surface area contributed by atoms with E-state index in [2.05, 4.69) is 10.4 Å². The molecule has 1 aromatic heterocycles. The first kappa shape index (κ1) is 20.3. The Kier molecular flexibility index (Phi) is 5.80. The number of rotatable bonds is 6. The molecule has 3 aromatic carbocycles. The number of hydrogen-bond acceptors (Lipinski definition) is 3. The molecule has 0 spiro atoms. The zero-order valence-corrected chi connectivity index (χ0v) is 17.3. The van der Waals surface area contributed by atoms with Crippen LogP contribution in [0, 0.1) is 12.7 Å². The molecule has 5 nitrogen and oxygen atoms in total. The lowest BCUT2D eigenvalue weighted by Gasteiger charge is -2.07. The Hall–Kier alpha value is -3.93. The summed E-state index contributed by atoms with van der Waals surface area (Å²) in [5, 5.41) is 7.32. The van der Waals surface area contributed by atoms with Crippen LogP contribution in [-0.4, -0.2) is 22.8 Å². The molecular weight excluding hydrogens is 393 g/mol.